The van der Waals surface area contributed by atoms with Gasteiger partial charge in [-0.25, -0.2) is 4.79 Å². The van der Waals surface area contributed by atoms with Gasteiger partial charge in [-0.05, 0) is 43.2 Å². The van der Waals surface area contributed by atoms with Crippen LogP contribution in [0.25, 0.3) is 0 Å². The minimum Gasteiger partial charge on any atom is -0.491 e. The Hall–Kier alpha value is -3.17. The molecule has 9 nitrogen and oxygen atoms in total. The van der Waals surface area contributed by atoms with Crippen molar-refractivity contribution in [2.24, 2.45) is 0 Å². The molecule has 2 heterocycles. The largest absolute Gasteiger partial charge is 0.491 e. The Balaban J connectivity index is 1.54. The van der Waals surface area contributed by atoms with Gasteiger partial charge in [0.1, 0.15) is 23.7 Å². The van der Waals surface area contributed by atoms with Crippen molar-refractivity contribution < 1.29 is 33.3 Å². The van der Waals surface area contributed by atoms with Crippen LogP contribution in [-0.2, 0) is 25.5 Å². The van der Waals surface area contributed by atoms with Crippen molar-refractivity contribution >= 4 is 12.4 Å². The van der Waals surface area contributed by atoms with E-state index in [0.29, 0.717) is 36.8 Å². The number of nitrogens with one attached hydrogen (secondary N) is 1. The van der Waals surface area contributed by atoms with Crippen molar-refractivity contribution in [3.8, 4) is 17.2 Å². The normalized spacial score (nSPS) is 14.0. The standard InChI is InChI=1S/C22H26N2O7/c1-27-22(26)20-12-16(13-23-15-25)24-14-21(20)31-19-4-2-17(3-5-19)29-10-11-30-18-6-8-28-9-7-18/h2-5,12,14-15,18H,6-11,13H2,1H3,(H,23,25). The number of carbonyl (C=O) groups is 2. The van der Waals surface area contributed by atoms with E-state index >= 15 is 0 Å². The van der Waals surface area contributed by atoms with Crippen molar-refractivity contribution in [1.82, 2.24) is 10.3 Å². The van der Waals surface area contributed by atoms with Crippen molar-refractivity contribution in [3.05, 3.63) is 47.8 Å². The molecule has 1 saturated heterocycles. The molecular formula is C22H26N2O7. The van der Waals surface area contributed by atoms with E-state index in [1.807, 2.05) is 0 Å². The van der Waals surface area contributed by atoms with Gasteiger partial charge in [-0.15, -0.1) is 0 Å². The number of methoxy groups -OCH3 is 1. The molecule has 2 aromatic rings. The number of carbonyl (C=O) groups excluding carboxylic acids is 2. The highest BCUT2D eigenvalue weighted by atomic mass is 16.5. The Kier molecular flexibility index (Phi) is 8.62. The second kappa shape index (κ2) is 11.9. The van der Waals surface area contributed by atoms with Gasteiger partial charge in [0.15, 0.2) is 5.75 Å². The van der Waals surface area contributed by atoms with Crippen LogP contribution in [0.3, 0.4) is 0 Å². The molecule has 0 saturated carbocycles. The zero-order valence-electron chi connectivity index (χ0n) is 17.4. The lowest BCUT2D eigenvalue weighted by Gasteiger charge is -2.22. The van der Waals surface area contributed by atoms with Gasteiger partial charge in [0.2, 0.25) is 6.41 Å². The molecule has 1 aromatic heterocycles. The fourth-order valence-corrected chi connectivity index (χ4v) is 3.03. The van der Waals surface area contributed by atoms with E-state index in [9.17, 15) is 9.59 Å². The number of nitrogens with zero attached hydrogens (tertiary/aromatic N) is 1. The van der Waals surface area contributed by atoms with E-state index < -0.39 is 5.97 Å². The zero-order chi connectivity index (χ0) is 21.9. The van der Waals surface area contributed by atoms with E-state index in [4.69, 9.17) is 23.7 Å². The van der Waals surface area contributed by atoms with E-state index in [1.54, 1.807) is 24.3 Å². The number of aromatic nitrogens is 1. The average molecular weight is 430 g/mol. The number of rotatable bonds is 11. The van der Waals surface area contributed by atoms with Crippen LogP contribution >= 0.6 is 0 Å². The highest BCUT2D eigenvalue weighted by molar-refractivity contribution is 5.92. The molecule has 0 unspecified atom stereocenters. The van der Waals surface area contributed by atoms with Crippen LogP contribution in [0.1, 0.15) is 28.9 Å². The van der Waals surface area contributed by atoms with Crippen LogP contribution in [0.5, 0.6) is 17.2 Å². The van der Waals surface area contributed by atoms with Crippen LogP contribution < -0.4 is 14.8 Å². The fraction of sp³-hybridized carbons (Fsp3) is 0.409. The van der Waals surface area contributed by atoms with Crippen molar-refractivity contribution in [3.63, 3.8) is 0 Å². The van der Waals surface area contributed by atoms with Crippen molar-refractivity contribution in [1.29, 1.82) is 0 Å². The maximum Gasteiger partial charge on any atom is 0.341 e. The first-order chi connectivity index (χ1) is 15.2. The minimum absolute atomic E-state index is 0.193. The number of ether oxygens (including phenoxy) is 5. The SMILES string of the molecule is COC(=O)c1cc(CNC=O)ncc1Oc1ccc(OCCOC2CCOCC2)cc1. The lowest BCUT2D eigenvalue weighted by Crippen LogP contribution is -2.25. The van der Waals surface area contributed by atoms with Crippen LogP contribution in [-0.4, -0.2) is 57.0 Å². The zero-order valence-corrected chi connectivity index (χ0v) is 17.4. The molecule has 1 aromatic carbocycles. The molecule has 1 N–H and O–H groups in total. The Morgan fingerprint density at radius 2 is 1.94 bits per heavy atom. The number of esters is 1. The molecule has 0 spiro atoms. The first-order valence-electron chi connectivity index (χ1n) is 10.0. The summed E-state index contributed by atoms with van der Waals surface area (Å²) in [6.45, 7) is 2.65. The molecule has 1 aliphatic rings. The molecular weight excluding hydrogens is 404 g/mol. The monoisotopic (exact) mass is 430 g/mol. The second-order valence-electron chi connectivity index (χ2n) is 6.77. The summed E-state index contributed by atoms with van der Waals surface area (Å²) in [7, 11) is 1.29. The molecule has 166 valence electrons. The number of hydrogen-bond acceptors (Lipinski definition) is 8. The predicted octanol–water partition coefficient (Wildman–Crippen LogP) is 2.48. The Bertz CT molecular complexity index is 851. The van der Waals surface area contributed by atoms with Gasteiger partial charge in [-0.3, -0.25) is 9.78 Å². The number of pyridine rings is 1. The molecule has 0 radical (unpaired) electrons. The van der Waals surface area contributed by atoms with Gasteiger partial charge in [0.25, 0.3) is 0 Å². The Labute approximate surface area is 180 Å². The molecule has 1 amide bonds. The second-order valence-corrected chi connectivity index (χ2v) is 6.77. The van der Waals surface area contributed by atoms with Gasteiger partial charge in [0.05, 0.1) is 38.3 Å². The lowest BCUT2D eigenvalue weighted by molar-refractivity contribution is -0.109. The Morgan fingerprint density at radius 1 is 1.19 bits per heavy atom. The number of amides is 1. The topological polar surface area (TPSA) is 105 Å². The van der Waals surface area contributed by atoms with Gasteiger partial charge in [0, 0.05) is 13.2 Å². The summed E-state index contributed by atoms with van der Waals surface area (Å²) in [5, 5.41) is 2.50. The molecule has 1 fully saturated rings. The van der Waals surface area contributed by atoms with Gasteiger partial charge < -0.3 is 29.0 Å². The summed E-state index contributed by atoms with van der Waals surface area (Å²) in [5.41, 5.74) is 0.720. The molecule has 9 heteroatoms. The molecule has 0 bridgehead atoms. The predicted molar refractivity (Wildman–Crippen MR) is 110 cm³/mol. The maximum atomic E-state index is 12.1. The third-order valence-corrected chi connectivity index (χ3v) is 4.62. The van der Waals surface area contributed by atoms with Crippen LogP contribution in [0.2, 0.25) is 0 Å². The molecule has 0 atom stereocenters. The molecule has 31 heavy (non-hydrogen) atoms. The summed E-state index contributed by atoms with van der Waals surface area (Å²) < 4.78 is 27.4. The quantitative estimate of drug-likeness (QED) is 0.329. The summed E-state index contributed by atoms with van der Waals surface area (Å²) in [6.07, 6.45) is 4.06. The van der Waals surface area contributed by atoms with E-state index in [2.05, 4.69) is 10.3 Å². The first kappa shape index (κ1) is 22.5. The third-order valence-electron chi connectivity index (χ3n) is 4.62. The van der Waals surface area contributed by atoms with Crippen LogP contribution in [0, 0.1) is 0 Å². The third kappa shape index (κ3) is 6.94. The van der Waals surface area contributed by atoms with Gasteiger partial charge in [-0.2, -0.15) is 0 Å². The molecule has 3 rings (SSSR count). The van der Waals surface area contributed by atoms with Crippen LogP contribution in [0.15, 0.2) is 36.5 Å². The molecule has 1 aliphatic heterocycles. The summed E-state index contributed by atoms with van der Waals surface area (Å²) in [4.78, 5) is 26.8. The highest BCUT2D eigenvalue weighted by Crippen LogP contribution is 2.27. The van der Waals surface area contributed by atoms with Gasteiger partial charge in [-0.1, -0.05) is 0 Å². The maximum absolute atomic E-state index is 12.1. The lowest BCUT2D eigenvalue weighted by atomic mass is 10.2. The molecule has 0 aliphatic carbocycles. The minimum atomic E-state index is -0.561. The highest BCUT2D eigenvalue weighted by Gasteiger charge is 2.16. The van der Waals surface area contributed by atoms with E-state index in [0.717, 1.165) is 26.1 Å². The summed E-state index contributed by atoms with van der Waals surface area (Å²) in [6, 6.07) is 8.54. The number of benzene rings is 1. The van der Waals surface area contributed by atoms with Crippen LogP contribution in [0.4, 0.5) is 0 Å². The number of hydrogen-bond donors (Lipinski definition) is 1. The van der Waals surface area contributed by atoms with Crippen molar-refractivity contribution in [2.75, 3.05) is 33.5 Å². The average Bonchev–Trinajstić information content (AvgIpc) is 2.82. The Morgan fingerprint density at radius 3 is 2.65 bits per heavy atom. The van der Waals surface area contributed by atoms with E-state index in [-0.39, 0.29) is 24.0 Å². The summed E-state index contributed by atoms with van der Waals surface area (Å²) >= 11 is 0. The van der Waals surface area contributed by atoms with E-state index in [1.165, 1.54) is 19.4 Å². The smallest absolute Gasteiger partial charge is 0.341 e. The fourth-order valence-electron chi connectivity index (χ4n) is 3.03. The van der Waals surface area contributed by atoms with Gasteiger partial charge >= 0.3 is 5.97 Å². The van der Waals surface area contributed by atoms with Crippen molar-refractivity contribution in [2.45, 2.75) is 25.5 Å². The summed E-state index contributed by atoms with van der Waals surface area (Å²) in [5.74, 6) is 0.885. The first-order valence-corrected chi connectivity index (χ1v) is 10.0.